The van der Waals surface area contributed by atoms with E-state index in [-0.39, 0.29) is 5.41 Å². The number of rotatable bonds is 7. The number of aryl methyl sites for hydroxylation is 2. The molecule has 0 saturated carbocycles. The van der Waals surface area contributed by atoms with Crippen LogP contribution in [0.4, 0.5) is 0 Å². The van der Waals surface area contributed by atoms with Gasteiger partial charge in [-0.05, 0) is 70.2 Å². The van der Waals surface area contributed by atoms with Gasteiger partial charge < -0.3 is 4.74 Å². The van der Waals surface area contributed by atoms with E-state index >= 15 is 0 Å². The molecule has 0 radical (unpaired) electrons. The van der Waals surface area contributed by atoms with E-state index in [0.29, 0.717) is 12.2 Å². The Hall–Kier alpha value is -1.82. The molecule has 0 atom stereocenters. The molecule has 0 aromatic heterocycles. The molecule has 0 N–H and O–H groups in total. The number of carbonyl (C=O) groups is 1. The second-order valence-electron chi connectivity index (χ2n) is 5.90. The summed E-state index contributed by atoms with van der Waals surface area (Å²) in [4.78, 5) is 10.8. The van der Waals surface area contributed by atoms with Gasteiger partial charge >= 0.3 is 0 Å². The van der Waals surface area contributed by atoms with E-state index in [1.165, 1.54) is 0 Å². The first-order valence-corrected chi connectivity index (χ1v) is 7.00. The molecule has 1 rings (SSSR count). The molecule has 0 aliphatic carbocycles. The molecule has 1 aromatic carbocycles. The predicted octanol–water partition coefficient (Wildman–Crippen LogP) is 4.21. The Morgan fingerprint density at radius 2 is 1.85 bits per heavy atom. The molecular formula is C17H23NO2. The quantitative estimate of drug-likeness (QED) is 0.552. The molecular weight excluding hydrogens is 250 g/mol. The number of benzene rings is 1. The van der Waals surface area contributed by atoms with Crippen molar-refractivity contribution in [3.8, 4) is 11.8 Å². The van der Waals surface area contributed by atoms with Crippen molar-refractivity contribution in [2.45, 2.75) is 47.0 Å². The first-order chi connectivity index (χ1) is 9.39. The van der Waals surface area contributed by atoms with Crippen molar-refractivity contribution in [2.75, 3.05) is 6.61 Å². The van der Waals surface area contributed by atoms with Crippen LogP contribution in [0.1, 0.15) is 54.6 Å². The minimum absolute atomic E-state index is 0.253. The van der Waals surface area contributed by atoms with Gasteiger partial charge in [0, 0.05) is 5.56 Å². The van der Waals surface area contributed by atoms with E-state index in [1.54, 1.807) is 0 Å². The molecule has 0 heterocycles. The Morgan fingerprint density at radius 3 is 2.35 bits per heavy atom. The lowest BCUT2D eigenvalue weighted by Gasteiger charge is -2.15. The fourth-order valence-corrected chi connectivity index (χ4v) is 2.18. The molecule has 108 valence electrons. The molecule has 0 aliphatic rings. The molecule has 0 saturated heterocycles. The van der Waals surface area contributed by atoms with Gasteiger partial charge in [0.25, 0.3) is 0 Å². The predicted molar refractivity (Wildman–Crippen MR) is 80.0 cm³/mol. The smallest absolute Gasteiger partial charge is 0.150 e. The Balaban J connectivity index is 2.47. The molecule has 0 amide bonds. The van der Waals surface area contributed by atoms with Gasteiger partial charge in [-0.2, -0.15) is 5.26 Å². The highest BCUT2D eigenvalue weighted by Gasteiger charge is 2.15. The summed E-state index contributed by atoms with van der Waals surface area (Å²) in [5.74, 6) is 0.871. The van der Waals surface area contributed by atoms with E-state index in [4.69, 9.17) is 10.00 Å². The Morgan fingerprint density at radius 1 is 1.25 bits per heavy atom. The van der Waals surface area contributed by atoms with Crippen molar-refractivity contribution in [3.05, 3.63) is 28.8 Å². The number of unbranched alkanes of at least 4 members (excludes halogenated alkanes) is 1. The lowest BCUT2D eigenvalue weighted by atomic mass is 9.89. The monoisotopic (exact) mass is 273 g/mol. The van der Waals surface area contributed by atoms with Gasteiger partial charge in [-0.1, -0.05) is 0 Å². The van der Waals surface area contributed by atoms with Gasteiger partial charge in [0.2, 0.25) is 0 Å². The highest BCUT2D eigenvalue weighted by Crippen LogP contribution is 2.25. The number of hydrogen-bond acceptors (Lipinski definition) is 3. The van der Waals surface area contributed by atoms with Crippen LogP contribution in [-0.4, -0.2) is 12.9 Å². The van der Waals surface area contributed by atoms with Crippen LogP contribution in [0.3, 0.4) is 0 Å². The van der Waals surface area contributed by atoms with Crippen LogP contribution >= 0.6 is 0 Å². The lowest BCUT2D eigenvalue weighted by Crippen LogP contribution is -2.08. The summed E-state index contributed by atoms with van der Waals surface area (Å²) < 4.78 is 5.82. The number of hydrogen-bond donors (Lipinski definition) is 0. The molecule has 3 nitrogen and oxygen atoms in total. The van der Waals surface area contributed by atoms with Crippen molar-refractivity contribution in [2.24, 2.45) is 5.41 Å². The van der Waals surface area contributed by atoms with E-state index in [1.807, 2.05) is 39.8 Å². The maximum Gasteiger partial charge on any atom is 0.150 e. The van der Waals surface area contributed by atoms with E-state index in [9.17, 15) is 4.79 Å². The highest BCUT2D eigenvalue weighted by molar-refractivity contribution is 5.76. The Labute approximate surface area is 121 Å². The molecule has 0 spiro atoms. The molecule has 0 aliphatic heterocycles. The first-order valence-electron chi connectivity index (χ1n) is 7.00. The summed E-state index contributed by atoms with van der Waals surface area (Å²) in [6, 6.07) is 5.99. The summed E-state index contributed by atoms with van der Waals surface area (Å²) in [5.41, 5.74) is 2.41. The second kappa shape index (κ2) is 7.09. The molecule has 0 bridgehead atoms. The number of aldehydes is 1. The fourth-order valence-electron chi connectivity index (χ4n) is 2.18. The van der Waals surface area contributed by atoms with Gasteiger partial charge in [-0.25, -0.2) is 0 Å². The Kier molecular flexibility index (Phi) is 5.76. The SMILES string of the molecule is Cc1cc(C=O)cc(C)c1OCCCCC(C)(C)C#N. The van der Waals surface area contributed by atoms with Crippen molar-refractivity contribution in [1.82, 2.24) is 0 Å². The molecule has 20 heavy (non-hydrogen) atoms. The first kappa shape index (κ1) is 16.2. The van der Waals surface area contributed by atoms with Crippen LogP contribution in [0.5, 0.6) is 5.75 Å². The zero-order chi connectivity index (χ0) is 15.2. The van der Waals surface area contributed by atoms with Gasteiger partial charge in [0.1, 0.15) is 12.0 Å². The zero-order valence-electron chi connectivity index (χ0n) is 12.8. The van der Waals surface area contributed by atoms with Crippen LogP contribution in [0.2, 0.25) is 0 Å². The van der Waals surface area contributed by atoms with Crippen LogP contribution < -0.4 is 4.74 Å². The maximum absolute atomic E-state index is 10.8. The number of carbonyl (C=O) groups excluding carboxylic acids is 1. The number of nitriles is 1. The van der Waals surface area contributed by atoms with Crippen molar-refractivity contribution in [1.29, 1.82) is 5.26 Å². The zero-order valence-corrected chi connectivity index (χ0v) is 12.8. The van der Waals surface area contributed by atoms with Gasteiger partial charge in [-0.15, -0.1) is 0 Å². The summed E-state index contributed by atoms with van der Waals surface area (Å²) >= 11 is 0. The minimum atomic E-state index is -0.253. The van der Waals surface area contributed by atoms with E-state index in [2.05, 4.69) is 6.07 Å². The standard InChI is InChI=1S/C17H23NO2/c1-13-9-15(11-19)10-14(2)16(13)20-8-6-5-7-17(3,4)12-18/h9-11H,5-8H2,1-4H3. The van der Waals surface area contributed by atoms with Crippen molar-refractivity contribution in [3.63, 3.8) is 0 Å². The van der Waals surface area contributed by atoms with Gasteiger partial charge in [-0.3, -0.25) is 4.79 Å². The average Bonchev–Trinajstić information content (AvgIpc) is 2.40. The molecule has 0 fully saturated rings. The average molecular weight is 273 g/mol. The van der Waals surface area contributed by atoms with Crippen LogP contribution in [0.15, 0.2) is 12.1 Å². The normalized spacial score (nSPS) is 10.9. The topological polar surface area (TPSA) is 50.1 Å². The Bertz CT molecular complexity index is 489. The summed E-state index contributed by atoms with van der Waals surface area (Å²) in [6.07, 6.45) is 3.65. The summed E-state index contributed by atoms with van der Waals surface area (Å²) in [7, 11) is 0. The third-order valence-corrected chi connectivity index (χ3v) is 3.36. The van der Waals surface area contributed by atoms with E-state index in [0.717, 1.165) is 42.4 Å². The van der Waals surface area contributed by atoms with Gasteiger partial charge in [0.15, 0.2) is 0 Å². The lowest BCUT2D eigenvalue weighted by molar-refractivity contribution is 0.112. The van der Waals surface area contributed by atoms with Crippen molar-refractivity contribution >= 4 is 6.29 Å². The summed E-state index contributed by atoms with van der Waals surface area (Å²) in [5, 5.41) is 8.94. The van der Waals surface area contributed by atoms with Crippen molar-refractivity contribution < 1.29 is 9.53 Å². The minimum Gasteiger partial charge on any atom is -0.493 e. The van der Waals surface area contributed by atoms with Crippen LogP contribution in [0.25, 0.3) is 0 Å². The second-order valence-corrected chi connectivity index (χ2v) is 5.90. The third-order valence-electron chi connectivity index (χ3n) is 3.36. The molecule has 1 aromatic rings. The van der Waals surface area contributed by atoms with Crippen LogP contribution in [-0.2, 0) is 0 Å². The summed E-state index contributed by atoms with van der Waals surface area (Å²) in [6.45, 7) is 8.46. The van der Waals surface area contributed by atoms with Crippen LogP contribution in [0, 0.1) is 30.6 Å². The molecule has 3 heteroatoms. The fraction of sp³-hybridized carbons (Fsp3) is 0.529. The molecule has 0 unspecified atom stereocenters. The van der Waals surface area contributed by atoms with E-state index < -0.39 is 0 Å². The number of nitrogens with zero attached hydrogens (tertiary/aromatic N) is 1. The maximum atomic E-state index is 10.8. The largest absolute Gasteiger partial charge is 0.493 e. The van der Waals surface area contributed by atoms with Gasteiger partial charge in [0.05, 0.1) is 18.1 Å². The highest BCUT2D eigenvalue weighted by atomic mass is 16.5. The number of ether oxygens (including phenoxy) is 1. The third kappa shape index (κ3) is 4.70.